The molecule has 0 atom stereocenters. The third kappa shape index (κ3) is 3.41. The molecule has 21 heavy (non-hydrogen) atoms. The maximum Gasteiger partial charge on any atom is 0.254 e. The summed E-state index contributed by atoms with van der Waals surface area (Å²) < 4.78 is 36.9. The Bertz CT molecular complexity index is 694. The van der Waals surface area contributed by atoms with Gasteiger partial charge < -0.3 is 5.32 Å². The highest BCUT2D eigenvalue weighted by Crippen LogP contribution is 2.39. The summed E-state index contributed by atoms with van der Waals surface area (Å²) >= 11 is 0. The predicted molar refractivity (Wildman–Crippen MR) is 76.8 cm³/mol. The van der Waals surface area contributed by atoms with Crippen LogP contribution >= 0.6 is 0 Å². The largest absolute Gasteiger partial charge is 0.347 e. The van der Waals surface area contributed by atoms with Crippen molar-refractivity contribution < 1.29 is 17.6 Å². The van der Waals surface area contributed by atoms with Crippen LogP contribution in [0.15, 0.2) is 17.0 Å². The second-order valence-corrected chi connectivity index (χ2v) is 7.66. The number of amides is 1. The second kappa shape index (κ2) is 5.06. The fourth-order valence-corrected chi connectivity index (χ4v) is 2.96. The average Bonchev–Trinajstić information content (AvgIpc) is 3.14. The van der Waals surface area contributed by atoms with Crippen LogP contribution in [0.4, 0.5) is 4.39 Å². The quantitative estimate of drug-likeness (QED) is 0.886. The number of carbonyl (C=O) groups excluding carboxylic acids is 1. The van der Waals surface area contributed by atoms with E-state index in [1.807, 2.05) is 13.8 Å². The normalized spacial score (nSPS) is 15.9. The minimum atomic E-state index is -3.99. The van der Waals surface area contributed by atoms with Crippen LogP contribution in [0.5, 0.6) is 0 Å². The molecule has 2 rings (SSSR count). The molecule has 0 spiro atoms. The Kier molecular flexibility index (Phi) is 3.84. The first-order valence-corrected chi connectivity index (χ1v) is 8.22. The third-order valence-electron chi connectivity index (χ3n) is 3.83. The molecule has 5 nitrogen and oxygen atoms in total. The van der Waals surface area contributed by atoms with Crippen LogP contribution in [0, 0.1) is 18.7 Å². The molecule has 1 fully saturated rings. The first kappa shape index (κ1) is 15.9. The van der Waals surface area contributed by atoms with Gasteiger partial charge in [0.25, 0.3) is 5.91 Å². The van der Waals surface area contributed by atoms with Crippen molar-refractivity contribution in [1.82, 2.24) is 5.32 Å². The summed E-state index contributed by atoms with van der Waals surface area (Å²) in [6.07, 6.45) is 2.04. The van der Waals surface area contributed by atoms with Gasteiger partial charge in [0, 0.05) is 5.54 Å². The molecule has 0 bridgehead atoms. The third-order valence-corrected chi connectivity index (χ3v) is 4.73. The molecule has 0 saturated heterocycles. The Morgan fingerprint density at radius 1 is 1.38 bits per heavy atom. The molecule has 1 aromatic carbocycles. The van der Waals surface area contributed by atoms with E-state index >= 15 is 0 Å². The standard InChI is InChI=1S/C14H19FN2O3S/c1-8-6-10(21(16,19)20)7-11(12(8)15)13(18)17-14(2,3)9-4-5-9/h6-7,9H,4-5H2,1-3H3,(H,17,18)(H2,16,19,20). The molecule has 116 valence electrons. The fraction of sp³-hybridized carbons (Fsp3) is 0.500. The van der Waals surface area contributed by atoms with E-state index in [9.17, 15) is 17.6 Å². The van der Waals surface area contributed by atoms with Crippen LogP contribution in [-0.2, 0) is 10.0 Å². The minimum Gasteiger partial charge on any atom is -0.347 e. The van der Waals surface area contributed by atoms with Crippen molar-refractivity contribution in [2.45, 2.75) is 44.0 Å². The van der Waals surface area contributed by atoms with Crippen LogP contribution in [0.2, 0.25) is 0 Å². The smallest absolute Gasteiger partial charge is 0.254 e. The van der Waals surface area contributed by atoms with E-state index in [1.54, 1.807) is 0 Å². The van der Waals surface area contributed by atoms with E-state index < -0.39 is 27.3 Å². The molecule has 3 N–H and O–H groups in total. The van der Waals surface area contributed by atoms with Crippen molar-refractivity contribution in [2.75, 3.05) is 0 Å². The van der Waals surface area contributed by atoms with E-state index in [1.165, 1.54) is 6.92 Å². The second-order valence-electron chi connectivity index (χ2n) is 6.10. The van der Waals surface area contributed by atoms with Gasteiger partial charge in [0.1, 0.15) is 5.82 Å². The molecule has 7 heteroatoms. The van der Waals surface area contributed by atoms with Crippen molar-refractivity contribution in [3.05, 3.63) is 29.1 Å². The van der Waals surface area contributed by atoms with Gasteiger partial charge in [0.15, 0.2) is 0 Å². The van der Waals surface area contributed by atoms with Crippen LogP contribution in [-0.4, -0.2) is 19.9 Å². The number of aryl methyl sites for hydroxylation is 1. The number of benzene rings is 1. The number of nitrogens with two attached hydrogens (primary N) is 1. The van der Waals surface area contributed by atoms with Crippen LogP contribution < -0.4 is 10.5 Å². The highest BCUT2D eigenvalue weighted by molar-refractivity contribution is 7.89. The van der Waals surface area contributed by atoms with E-state index in [0.717, 1.165) is 25.0 Å². The van der Waals surface area contributed by atoms with Crippen LogP contribution in [0.25, 0.3) is 0 Å². The van der Waals surface area contributed by atoms with Gasteiger partial charge in [-0.15, -0.1) is 0 Å². The summed E-state index contributed by atoms with van der Waals surface area (Å²) in [6, 6.07) is 2.10. The number of rotatable bonds is 4. The Balaban J connectivity index is 2.38. The Morgan fingerprint density at radius 3 is 2.43 bits per heavy atom. The Labute approximate surface area is 123 Å². The number of hydrogen-bond donors (Lipinski definition) is 2. The van der Waals surface area contributed by atoms with Crippen LogP contribution in [0.3, 0.4) is 0 Å². The molecule has 1 aliphatic rings. The first-order valence-electron chi connectivity index (χ1n) is 6.68. The summed E-state index contributed by atoms with van der Waals surface area (Å²) in [5.41, 5.74) is -0.682. The van der Waals surface area contributed by atoms with Crippen molar-refractivity contribution >= 4 is 15.9 Å². The van der Waals surface area contributed by atoms with E-state index in [-0.39, 0.29) is 16.0 Å². The lowest BCUT2D eigenvalue weighted by Gasteiger charge is -2.26. The molecule has 1 aliphatic carbocycles. The number of halogens is 1. The molecular weight excluding hydrogens is 295 g/mol. The van der Waals surface area contributed by atoms with Gasteiger partial charge in [0.05, 0.1) is 10.5 Å². The zero-order valence-electron chi connectivity index (χ0n) is 12.2. The Morgan fingerprint density at radius 2 is 1.95 bits per heavy atom. The van der Waals surface area contributed by atoms with Gasteiger partial charge in [0.2, 0.25) is 10.0 Å². The molecule has 1 saturated carbocycles. The molecule has 1 aromatic rings. The summed E-state index contributed by atoms with van der Waals surface area (Å²) in [6.45, 7) is 5.14. The molecule has 0 radical (unpaired) electrons. The van der Waals surface area contributed by atoms with Crippen molar-refractivity contribution in [2.24, 2.45) is 11.1 Å². The zero-order chi connectivity index (χ0) is 16.0. The molecular formula is C14H19FN2O3S. The van der Waals surface area contributed by atoms with Crippen molar-refractivity contribution in [1.29, 1.82) is 0 Å². The van der Waals surface area contributed by atoms with Gasteiger partial charge in [-0.3, -0.25) is 4.79 Å². The molecule has 0 heterocycles. The first-order chi connectivity index (χ1) is 9.52. The highest BCUT2D eigenvalue weighted by atomic mass is 32.2. The lowest BCUT2D eigenvalue weighted by Crippen LogP contribution is -2.45. The van der Waals surface area contributed by atoms with Gasteiger partial charge >= 0.3 is 0 Å². The lowest BCUT2D eigenvalue weighted by molar-refractivity contribution is 0.0898. The number of nitrogens with one attached hydrogen (secondary N) is 1. The average molecular weight is 314 g/mol. The Hall–Kier alpha value is -1.47. The number of sulfonamides is 1. The summed E-state index contributed by atoms with van der Waals surface area (Å²) in [5, 5.41) is 7.81. The van der Waals surface area contributed by atoms with Gasteiger partial charge in [-0.05, 0) is 57.2 Å². The monoisotopic (exact) mass is 314 g/mol. The SMILES string of the molecule is Cc1cc(S(N)(=O)=O)cc(C(=O)NC(C)(C)C2CC2)c1F. The molecule has 0 aromatic heterocycles. The molecule has 0 aliphatic heterocycles. The van der Waals surface area contributed by atoms with Gasteiger partial charge in [-0.25, -0.2) is 17.9 Å². The fourth-order valence-electron chi connectivity index (χ4n) is 2.33. The van der Waals surface area contributed by atoms with E-state index in [2.05, 4.69) is 5.32 Å². The number of hydrogen-bond acceptors (Lipinski definition) is 3. The summed E-state index contributed by atoms with van der Waals surface area (Å²) in [5.74, 6) is -0.989. The van der Waals surface area contributed by atoms with Crippen molar-refractivity contribution in [3.8, 4) is 0 Å². The zero-order valence-corrected chi connectivity index (χ0v) is 13.1. The summed E-state index contributed by atoms with van der Waals surface area (Å²) in [7, 11) is -3.99. The minimum absolute atomic E-state index is 0.0657. The number of primary sulfonamides is 1. The van der Waals surface area contributed by atoms with Crippen molar-refractivity contribution in [3.63, 3.8) is 0 Å². The van der Waals surface area contributed by atoms with E-state index in [0.29, 0.717) is 5.92 Å². The lowest BCUT2D eigenvalue weighted by atomic mass is 9.98. The highest BCUT2D eigenvalue weighted by Gasteiger charge is 2.39. The molecule has 0 unspecified atom stereocenters. The number of carbonyl (C=O) groups is 1. The van der Waals surface area contributed by atoms with Crippen LogP contribution in [0.1, 0.15) is 42.6 Å². The van der Waals surface area contributed by atoms with E-state index in [4.69, 9.17) is 5.14 Å². The van der Waals surface area contributed by atoms with Gasteiger partial charge in [-0.1, -0.05) is 0 Å². The topological polar surface area (TPSA) is 89.3 Å². The van der Waals surface area contributed by atoms with Gasteiger partial charge in [-0.2, -0.15) is 0 Å². The summed E-state index contributed by atoms with van der Waals surface area (Å²) in [4.78, 5) is 12.0. The predicted octanol–water partition coefficient (Wildman–Crippen LogP) is 1.70. The maximum atomic E-state index is 14.1. The maximum absolute atomic E-state index is 14.1. The molecule has 1 amide bonds.